The first-order chi connectivity index (χ1) is 24.5. The third-order valence-corrected chi connectivity index (χ3v) is 8.51. The maximum atomic E-state index is 12.7. The fourth-order valence-corrected chi connectivity index (χ4v) is 5.19. The van der Waals surface area contributed by atoms with Crippen molar-refractivity contribution in [2.45, 2.75) is 122 Å². The van der Waals surface area contributed by atoms with Crippen molar-refractivity contribution in [2.24, 2.45) is 0 Å². The van der Waals surface area contributed by atoms with Crippen LogP contribution >= 0.6 is 7.82 Å². The van der Waals surface area contributed by atoms with E-state index in [4.69, 9.17) is 9.05 Å². The molecule has 1 amide bonds. The molecular formula is C42H71N2O6P. The molecule has 0 aliphatic carbocycles. The van der Waals surface area contributed by atoms with Gasteiger partial charge in [0, 0.05) is 6.42 Å². The smallest absolute Gasteiger partial charge is 0.268 e. The number of amides is 1. The fourth-order valence-electron chi connectivity index (χ4n) is 4.47. The molecule has 0 aromatic carbocycles. The molecule has 0 aliphatic heterocycles. The van der Waals surface area contributed by atoms with Gasteiger partial charge in [0.2, 0.25) is 5.91 Å². The first-order valence-corrected chi connectivity index (χ1v) is 20.6. The van der Waals surface area contributed by atoms with E-state index in [9.17, 15) is 19.4 Å². The van der Waals surface area contributed by atoms with E-state index in [-0.39, 0.29) is 12.5 Å². The zero-order valence-corrected chi connectivity index (χ0v) is 33.4. The van der Waals surface area contributed by atoms with Crippen molar-refractivity contribution in [3.05, 3.63) is 97.2 Å². The lowest BCUT2D eigenvalue weighted by atomic mass is 10.1. The summed E-state index contributed by atoms with van der Waals surface area (Å²) in [5.41, 5.74) is 0. The van der Waals surface area contributed by atoms with Crippen molar-refractivity contribution in [3.8, 4) is 0 Å². The van der Waals surface area contributed by atoms with Crippen LogP contribution in [0.15, 0.2) is 97.2 Å². The van der Waals surface area contributed by atoms with Crippen molar-refractivity contribution in [2.75, 3.05) is 40.9 Å². The molecule has 0 rings (SSSR count). The second-order valence-corrected chi connectivity index (χ2v) is 15.0. The predicted octanol–water partition coefficient (Wildman–Crippen LogP) is 9.38. The highest BCUT2D eigenvalue weighted by atomic mass is 31.2. The molecule has 0 aromatic heterocycles. The SMILES string of the molecule is CC/C=C\C/C=C\C/C=C\C/C=C\C/C=C\C/C=C\C/C=C\CCCCCC(=O)NC(COP(=O)([O-])OCC[N+](C)(C)C)C(O)/C=C/CCCC. The number of carbonyl (C=O) groups excluding carboxylic acids is 1. The van der Waals surface area contributed by atoms with Gasteiger partial charge in [-0.2, -0.15) is 0 Å². The number of allylic oxidation sites excluding steroid dienone is 15. The average Bonchev–Trinajstić information content (AvgIpc) is 3.07. The number of phosphoric ester groups is 1. The number of nitrogens with one attached hydrogen (secondary N) is 1. The van der Waals surface area contributed by atoms with Crippen molar-refractivity contribution < 1.29 is 32.9 Å². The summed E-state index contributed by atoms with van der Waals surface area (Å²) < 4.78 is 22.8. The number of hydrogen-bond donors (Lipinski definition) is 2. The standard InChI is InChI=1S/C42H71N2O6P/c1-6-8-10-12-13-14-15-16-17-18-19-20-21-22-23-24-25-26-27-28-29-30-31-32-34-36-42(46)43-40(41(45)35-33-11-9-7-2)39-50-51(47,48)49-38-37-44(3,4)5/h8,10,13-14,16-17,19-20,22-23,25-26,28-29,33,35,40-41,45H,6-7,9,11-12,15,18,21,24,27,30-32,34,36-39H2,1-5H3,(H-,43,46,47,48)/b10-8-,14-13-,17-16-,20-19-,23-22-,26-25-,29-28-,35-33+. The van der Waals surface area contributed by atoms with Gasteiger partial charge in [-0.1, -0.05) is 130 Å². The molecule has 3 atom stereocenters. The van der Waals surface area contributed by atoms with Gasteiger partial charge in [0.05, 0.1) is 39.9 Å². The number of hydrogen-bond acceptors (Lipinski definition) is 6. The summed E-state index contributed by atoms with van der Waals surface area (Å²) in [7, 11) is 1.21. The van der Waals surface area contributed by atoms with Crippen LogP contribution in [0.5, 0.6) is 0 Å². The van der Waals surface area contributed by atoms with Crippen molar-refractivity contribution in [3.63, 3.8) is 0 Å². The van der Waals surface area contributed by atoms with E-state index in [1.165, 1.54) is 0 Å². The third kappa shape index (κ3) is 35.6. The number of nitrogens with zero attached hydrogens (tertiary/aromatic N) is 1. The lowest BCUT2D eigenvalue weighted by molar-refractivity contribution is -0.870. The van der Waals surface area contributed by atoms with E-state index in [0.717, 1.165) is 83.5 Å². The summed E-state index contributed by atoms with van der Waals surface area (Å²) in [6.45, 7) is 4.29. The van der Waals surface area contributed by atoms with Crippen LogP contribution in [-0.2, 0) is 18.4 Å². The van der Waals surface area contributed by atoms with Crippen LogP contribution in [-0.4, -0.2) is 68.5 Å². The Labute approximate surface area is 311 Å². The van der Waals surface area contributed by atoms with Crippen molar-refractivity contribution >= 4 is 13.7 Å². The Morgan fingerprint density at radius 2 is 1.20 bits per heavy atom. The van der Waals surface area contributed by atoms with Crippen LogP contribution in [0.3, 0.4) is 0 Å². The van der Waals surface area contributed by atoms with Gasteiger partial charge in [-0.15, -0.1) is 0 Å². The normalized spacial score (nSPS) is 15.7. The monoisotopic (exact) mass is 731 g/mol. The number of quaternary nitrogens is 1. The molecule has 3 unspecified atom stereocenters. The van der Waals surface area contributed by atoms with Crippen LogP contribution in [0.1, 0.15) is 110 Å². The summed E-state index contributed by atoms with van der Waals surface area (Å²) in [5, 5.41) is 13.4. The molecule has 0 fully saturated rings. The maximum Gasteiger partial charge on any atom is 0.268 e. The highest BCUT2D eigenvalue weighted by molar-refractivity contribution is 7.45. The Bertz CT molecular complexity index is 1150. The van der Waals surface area contributed by atoms with Crippen molar-refractivity contribution in [1.29, 1.82) is 0 Å². The number of aliphatic hydroxyl groups is 1. The minimum absolute atomic E-state index is 0.0154. The molecule has 8 nitrogen and oxygen atoms in total. The Hall–Kier alpha value is -2.58. The zero-order chi connectivity index (χ0) is 37.9. The van der Waals surface area contributed by atoms with Crippen LogP contribution in [0, 0.1) is 0 Å². The van der Waals surface area contributed by atoms with Crippen LogP contribution in [0.25, 0.3) is 0 Å². The maximum absolute atomic E-state index is 12.7. The molecule has 0 aliphatic rings. The van der Waals surface area contributed by atoms with Gasteiger partial charge in [0.1, 0.15) is 13.2 Å². The van der Waals surface area contributed by atoms with E-state index in [1.807, 2.05) is 27.2 Å². The molecule has 0 spiro atoms. The number of unbranched alkanes of at least 4 members (excludes halogenated alkanes) is 5. The minimum Gasteiger partial charge on any atom is -0.756 e. The van der Waals surface area contributed by atoms with Gasteiger partial charge in [0.15, 0.2) is 0 Å². The van der Waals surface area contributed by atoms with Gasteiger partial charge in [-0.3, -0.25) is 9.36 Å². The lowest BCUT2D eigenvalue weighted by Crippen LogP contribution is -2.45. The predicted molar refractivity (Wildman–Crippen MR) is 214 cm³/mol. The van der Waals surface area contributed by atoms with Gasteiger partial charge < -0.3 is 28.8 Å². The largest absolute Gasteiger partial charge is 0.756 e. The topological polar surface area (TPSA) is 108 Å². The lowest BCUT2D eigenvalue weighted by Gasteiger charge is -2.29. The van der Waals surface area contributed by atoms with E-state index >= 15 is 0 Å². The van der Waals surface area contributed by atoms with Crippen LogP contribution in [0.2, 0.25) is 0 Å². The molecule has 0 radical (unpaired) electrons. The Morgan fingerprint density at radius 3 is 1.69 bits per heavy atom. The summed E-state index contributed by atoms with van der Waals surface area (Å²) >= 11 is 0. The molecule has 0 aromatic rings. The molecule has 0 saturated heterocycles. The highest BCUT2D eigenvalue weighted by Crippen LogP contribution is 2.38. The van der Waals surface area contributed by atoms with Crippen LogP contribution in [0.4, 0.5) is 0 Å². The Morgan fingerprint density at radius 1 is 0.706 bits per heavy atom. The van der Waals surface area contributed by atoms with Gasteiger partial charge in [-0.05, 0) is 70.6 Å². The van der Waals surface area contributed by atoms with E-state index in [2.05, 4.69) is 104 Å². The summed E-state index contributed by atoms with van der Waals surface area (Å²) in [4.78, 5) is 24.9. The summed E-state index contributed by atoms with van der Waals surface area (Å²) in [6, 6.07) is -0.906. The molecule has 0 bridgehead atoms. The molecular weight excluding hydrogens is 659 g/mol. The van der Waals surface area contributed by atoms with E-state index in [1.54, 1.807) is 6.08 Å². The Balaban J connectivity index is 4.24. The molecule has 51 heavy (non-hydrogen) atoms. The highest BCUT2D eigenvalue weighted by Gasteiger charge is 2.23. The van der Waals surface area contributed by atoms with Crippen molar-refractivity contribution in [1.82, 2.24) is 5.32 Å². The quantitative estimate of drug-likeness (QED) is 0.0309. The Kier molecular flexibility index (Phi) is 31.6. The molecule has 9 heteroatoms. The summed E-state index contributed by atoms with van der Waals surface area (Å²) in [6.07, 6.45) is 46.6. The van der Waals surface area contributed by atoms with E-state index in [0.29, 0.717) is 23.9 Å². The number of rotatable bonds is 32. The molecule has 0 saturated carbocycles. The first kappa shape index (κ1) is 48.4. The molecule has 2 N–H and O–H groups in total. The van der Waals surface area contributed by atoms with Gasteiger partial charge in [0.25, 0.3) is 7.82 Å². The molecule has 0 heterocycles. The number of phosphoric acid groups is 1. The molecule has 290 valence electrons. The minimum atomic E-state index is -4.58. The van der Waals surface area contributed by atoms with E-state index < -0.39 is 26.6 Å². The number of likely N-dealkylation sites (N-methyl/N-ethyl adjacent to an activating group) is 1. The number of carbonyl (C=O) groups is 1. The van der Waals surface area contributed by atoms with Crippen LogP contribution < -0.4 is 10.2 Å². The third-order valence-electron chi connectivity index (χ3n) is 7.55. The summed E-state index contributed by atoms with van der Waals surface area (Å²) in [5.74, 6) is -0.246. The zero-order valence-electron chi connectivity index (χ0n) is 32.5. The first-order valence-electron chi connectivity index (χ1n) is 19.1. The second-order valence-electron chi connectivity index (χ2n) is 13.5. The fraction of sp³-hybridized carbons (Fsp3) is 0.595. The van der Waals surface area contributed by atoms with Gasteiger partial charge >= 0.3 is 0 Å². The average molecular weight is 731 g/mol. The second kappa shape index (κ2) is 33.3. The number of aliphatic hydroxyl groups excluding tert-OH is 1. The van der Waals surface area contributed by atoms with Gasteiger partial charge in [-0.25, -0.2) is 0 Å².